The van der Waals surface area contributed by atoms with Crippen molar-refractivity contribution in [1.29, 1.82) is 5.26 Å². The number of nitrogens with zero attached hydrogens (tertiary/aromatic N) is 2. The van der Waals surface area contributed by atoms with Crippen LogP contribution in [-0.2, 0) is 9.59 Å². The number of carbonyl (C=O) groups is 2. The normalized spacial score (nSPS) is 10.0. The Morgan fingerprint density at radius 3 is 2.24 bits per heavy atom. The van der Waals surface area contributed by atoms with Gasteiger partial charge in [-0.25, -0.2) is 0 Å². The van der Waals surface area contributed by atoms with Crippen LogP contribution in [0.2, 0.25) is 10.0 Å². The Balaban J connectivity index is 2.04. The van der Waals surface area contributed by atoms with Gasteiger partial charge in [0.15, 0.2) is 0 Å². The van der Waals surface area contributed by atoms with Crippen molar-refractivity contribution in [3.63, 3.8) is 0 Å². The molecule has 0 heterocycles. The van der Waals surface area contributed by atoms with Crippen molar-refractivity contribution in [2.24, 2.45) is 0 Å². The smallest absolute Gasteiger partial charge is 0.226 e. The molecule has 0 saturated heterocycles. The molecular weight excluding hydrogens is 361 g/mol. The van der Waals surface area contributed by atoms with Gasteiger partial charge < -0.3 is 10.2 Å². The van der Waals surface area contributed by atoms with Gasteiger partial charge in [-0.3, -0.25) is 9.59 Å². The summed E-state index contributed by atoms with van der Waals surface area (Å²) in [7, 11) is 0. The van der Waals surface area contributed by atoms with Crippen molar-refractivity contribution < 1.29 is 9.59 Å². The summed E-state index contributed by atoms with van der Waals surface area (Å²) in [6, 6.07) is 13.5. The average Bonchev–Trinajstić information content (AvgIpc) is 2.57. The molecule has 25 heavy (non-hydrogen) atoms. The van der Waals surface area contributed by atoms with Crippen molar-refractivity contribution >= 4 is 46.4 Å². The highest BCUT2D eigenvalue weighted by Gasteiger charge is 2.19. The van der Waals surface area contributed by atoms with Crippen LogP contribution >= 0.6 is 23.2 Å². The van der Waals surface area contributed by atoms with Crippen LogP contribution in [0.5, 0.6) is 0 Å². The molecule has 0 spiro atoms. The molecule has 0 aliphatic carbocycles. The van der Waals surface area contributed by atoms with E-state index >= 15 is 0 Å². The summed E-state index contributed by atoms with van der Waals surface area (Å²) in [6.07, 6.45) is 0.0706. The number of hydrogen-bond donors (Lipinski definition) is 1. The van der Waals surface area contributed by atoms with E-state index in [-0.39, 0.29) is 24.8 Å². The van der Waals surface area contributed by atoms with E-state index in [9.17, 15) is 9.59 Å². The summed E-state index contributed by atoms with van der Waals surface area (Å²) >= 11 is 12.3. The first-order valence-corrected chi connectivity index (χ1v) is 8.20. The Labute approximate surface area is 155 Å². The first-order chi connectivity index (χ1) is 11.9. The molecule has 2 amide bonds. The summed E-state index contributed by atoms with van der Waals surface area (Å²) in [4.78, 5) is 25.4. The van der Waals surface area contributed by atoms with Gasteiger partial charge in [-0.15, -0.1) is 0 Å². The molecule has 2 aromatic rings. The molecule has 0 unspecified atom stereocenters. The van der Waals surface area contributed by atoms with Crippen LogP contribution in [0, 0.1) is 11.3 Å². The summed E-state index contributed by atoms with van der Waals surface area (Å²) in [5.41, 5.74) is 1.48. The van der Waals surface area contributed by atoms with Crippen LogP contribution < -0.4 is 10.2 Å². The van der Waals surface area contributed by atoms with E-state index < -0.39 is 0 Å². The molecular formula is C18H15Cl2N3O2. The maximum absolute atomic E-state index is 12.1. The van der Waals surface area contributed by atoms with Gasteiger partial charge in [0.1, 0.15) is 0 Å². The van der Waals surface area contributed by atoms with E-state index in [1.54, 1.807) is 42.5 Å². The van der Waals surface area contributed by atoms with Crippen molar-refractivity contribution in [3.8, 4) is 6.07 Å². The van der Waals surface area contributed by atoms with E-state index in [1.165, 1.54) is 11.8 Å². The monoisotopic (exact) mass is 375 g/mol. The highest BCUT2D eigenvalue weighted by atomic mass is 35.5. The minimum atomic E-state index is -0.265. The minimum absolute atomic E-state index is 0.0706. The molecule has 0 aliphatic rings. The van der Waals surface area contributed by atoms with Gasteiger partial charge >= 0.3 is 0 Å². The van der Waals surface area contributed by atoms with E-state index in [1.807, 2.05) is 6.07 Å². The van der Waals surface area contributed by atoms with E-state index in [0.717, 1.165) is 0 Å². The first kappa shape index (κ1) is 18.8. The van der Waals surface area contributed by atoms with Crippen molar-refractivity contribution in [3.05, 3.63) is 58.1 Å². The second-order valence-electron chi connectivity index (χ2n) is 5.23. The van der Waals surface area contributed by atoms with Gasteiger partial charge in [0.25, 0.3) is 0 Å². The molecule has 0 atom stereocenters. The van der Waals surface area contributed by atoms with Crippen LogP contribution in [0.1, 0.15) is 18.9 Å². The molecule has 5 nitrogen and oxygen atoms in total. The predicted octanol–water partition coefficient (Wildman–Crippen LogP) is 4.25. The van der Waals surface area contributed by atoms with Crippen molar-refractivity contribution in [2.75, 3.05) is 16.8 Å². The number of rotatable bonds is 5. The summed E-state index contributed by atoms with van der Waals surface area (Å²) in [5, 5.41) is 12.2. The van der Waals surface area contributed by atoms with Gasteiger partial charge in [-0.05, 0) is 36.4 Å². The van der Waals surface area contributed by atoms with Gasteiger partial charge in [0, 0.05) is 25.6 Å². The van der Waals surface area contributed by atoms with E-state index in [0.29, 0.717) is 27.0 Å². The summed E-state index contributed by atoms with van der Waals surface area (Å²) in [5.74, 6) is -0.527. The van der Waals surface area contributed by atoms with E-state index in [4.69, 9.17) is 28.5 Å². The number of benzene rings is 2. The largest absolute Gasteiger partial charge is 0.326 e. The van der Waals surface area contributed by atoms with Gasteiger partial charge in [-0.1, -0.05) is 29.3 Å². The maximum Gasteiger partial charge on any atom is 0.226 e. The third-order valence-electron chi connectivity index (χ3n) is 3.45. The molecule has 0 bridgehead atoms. The number of nitriles is 1. The van der Waals surface area contributed by atoms with Gasteiger partial charge in [0.05, 0.1) is 27.4 Å². The maximum atomic E-state index is 12.1. The lowest BCUT2D eigenvalue weighted by Crippen LogP contribution is -2.32. The Morgan fingerprint density at radius 1 is 1.12 bits per heavy atom. The van der Waals surface area contributed by atoms with Crippen LogP contribution in [0.3, 0.4) is 0 Å². The molecule has 0 saturated carbocycles. The third kappa shape index (κ3) is 4.96. The number of halogens is 2. The van der Waals surface area contributed by atoms with Gasteiger partial charge in [-0.2, -0.15) is 5.26 Å². The minimum Gasteiger partial charge on any atom is -0.326 e. The highest BCUT2D eigenvalue weighted by molar-refractivity contribution is 6.39. The van der Waals surface area contributed by atoms with Crippen LogP contribution in [0.4, 0.5) is 11.4 Å². The lowest BCUT2D eigenvalue weighted by Gasteiger charge is -2.23. The molecule has 0 aromatic heterocycles. The SMILES string of the molecule is CC(=O)N(CCC(=O)Nc1ccc(C#N)cc1)c1c(Cl)cccc1Cl. The Kier molecular flexibility index (Phi) is 6.40. The van der Waals surface area contributed by atoms with Crippen LogP contribution in [0.25, 0.3) is 0 Å². The number of para-hydroxylation sites is 1. The molecule has 0 aliphatic heterocycles. The molecule has 2 rings (SSSR count). The number of anilines is 2. The summed E-state index contributed by atoms with van der Waals surface area (Å²) < 4.78 is 0. The zero-order chi connectivity index (χ0) is 18.4. The Bertz CT molecular complexity index is 809. The Morgan fingerprint density at radius 2 is 1.72 bits per heavy atom. The van der Waals surface area contributed by atoms with E-state index in [2.05, 4.69) is 5.32 Å². The molecule has 1 N–H and O–H groups in total. The topological polar surface area (TPSA) is 73.2 Å². The average molecular weight is 376 g/mol. The van der Waals surface area contributed by atoms with Crippen molar-refractivity contribution in [1.82, 2.24) is 0 Å². The fraction of sp³-hybridized carbons (Fsp3) is 0.167. The summed E-state index contributed by atoms with van der Waals surface area (Å²) in [6.45, 7) is 1.53. The first-order valence-electron chi connectivity index (χ1n) is 7.44. The third-order valence-corrected chi connectivity index (χ3v) is 4.06. The number of carbonyl (C=O) groups excluding carboxylic acids is 2. The zero-order valence-electron chi connectivity index (χ0n) is 13.4. The van der Waals surface area contributed by atoms with Crippen molar-refractivity contribution in [2.45, 2.75) is 13.3 Å². The second kappa shape index (κ2) is 8.52. The van der Waals surface area contributed by atoms with Crippen LogP contribution in [-0.4, -0.2) is 18.4 Å². The molecule has 7 heteroatoms. The fourth-order valence-corrected chi connectivity index (χ4v) is 2.84. The number of hydrogen-bond acceptors (Lipinski definition) is 3. The molecule has 0 fully saturated rings. The second-order valence-corrected chi connectivity index (χ2v) is 6.04. The molecule has 2 aromatic carbocycles. The van der Waals surface area contributed by atoms with Crippen LogP contribution in [0.15, 0.2) is 42.5 Å². The van der Waals surface area contributed by atoms with Gasteiger partial charge in [0.2, 0.25) is 11.8 Å². The number of amides is 2. The standard InChI is InChI=1S/C18H15Cl2N3O2/c1-12(24)23(18-15(19)3-2-4-16(18)20)10-9-17(25)22-14-7-5-13(11-21)6-8-14/h2-8H,9-10H2,1H3,(H,22,25). The number of nitrogens with one attached hydrogen (secondary N) is 1. The zero-order valence-corrected chi connectivity index (χ0v) is 14.9. The lowest BCUT2D eigenvalue weighted by atomic mass is 10.2. The Hall–Kier alpha value is -2.55. The lowest BCUT2D eigenvalue weighted by molar-refractivity contribution is -0.117. The predicted molar refractivity (Wildman–Crippen MR) is 98.9 cm³/mol. The molecule has 128 valence electrons. The highest BCUT2D eigenvalue weighted by Crippen LogP contribution is 2.33. The molecule has 0 radical (unpaired) electrons. The fourth-order valence-electron chi connectivity index (χ4n) is 2.24. The quantitative estimate of drug-likeness (QED) is 0.848.